The van der Waals surface area contributed by atoms with Gasteiger partial charge in [-0.2, -0.15) is 4.68 Å². The molecule has 1 N–H and O–H groups in total. The van der Waals surface area contributed by atoms with Crippen LogP contribution >= 0.6 is 23.6 Å². The summed E-state index contributed by atoms with van der Waals surface area (Å²) in [5.74, 6) is 1.73. The first-order valence-corrected chi connectivity index (χ1v) is 10.1. The lowest BCUT2D eigenvalue weighted by molar-refractivity contribution is -0.954. The molecular weight excluding hydrogens is 364 g/mol. The summed E-state index contributed by atoms with van der Waals surface area (Å²) in [6.07, 6.45) is 1.14. The maximum absolute atomic E-state index is 5.66. The number of nitrogens with one attached hydrogen (secondary N) is 1. The molecule has 0 saturated carbocycles. The molecule has 0 fully saturated rings. The maximum Gasteiger partial charge on any atom is 0.202 e. The summed E-state index contributed by atoms with van der Waals surface area (Å²) in [6.45, 7) is 4.21. The molecule has 1 aliphatic rings. The molecule has 3 aromatic rings. The lowest BCUT2D eigenvalue weighted by Gasteiger charge is -2.30. The number of rotatable bonds is 4. The summed E-state index contributed by atoms with van der Waals surface area (Å²) in [7, 11) is 3.66. The fourth-order valence-electron chi connectivity index (χ4n) is 3.64. The van der Waals surface area contributed by atoms with Gasteiger partial charge in [-0.15, -0.1) is 16.4 Å². The lowest BCUT2D eigenvalue weighted by Crippen LogP contribution is -3.12. The van der Waals surface area contributed by atoms with E-state index in [1.807, 2.05) is 51.9 Å². The number of ether oxygens (including phenoxy) is 1. The van der Waals surface area contributed by atoms with E-state index in [4.69, 9.17) is 22.1 Å². The molecule has 2 aromatic heterocycles. The van der Waals surface area contributed by atoms with Crippen molar-refractivity contribution in [3.8, 4) is 17.1 Å². The van der Waals surface area contributed by atoms with Crippen LogP contribution in [0.25, 0.3) is 11.4 Å². The summed E-state index contributed by atoms with van der Waals surface area (Å²) in [5.41, 5.74) is 2.52. The van der Waals surface area contributed by atoms with Gasteiger partial charge in [-0.3, -0.25) is 0 Å². The Kier molecular flexibility index (Phi) is 4.69. The predicted molar refractivity (Wildman–Crippen MR) is 106 cm³/mol. The van der Waals surface area contributed by atoms with Gasteiger partial charge >= 0.3 is 0 Å². The van der Waals surface area contributed by atoms with Crippen molar-refractivity contribution < 1.29 is 9.64 Å². The summed E-state index contributed by atoms with van der Waals surface area (Å²) < 4.78 is 9.96. The highest BCUT2D eigenvalue weighted by molar-refractivity contribution is 7.71. The Hall–Kier alpha value is -1.96. The molecule has 5 nitrogen and oxygen atoms in total. The molecule has 26 heavy (non-hydrogen) atoms. The van der Waals surface area contributed by atoms with Gasteiger partial charge in [0.05, 0.1) is 13.7 Å². The standard InChI is InChI=1S/C19H22N4OS2/c1-13-16-9-11-26-17(16)8-10-22(13)12-23-19(25)21(2)18(20-23)14-4-6-15(24-3)7-5-14/h4-7,9,11,13H,8,10,12H2,1-3H3/p+1/t13-/m1/s1. The molecule has 1 aromatic carbocycles. The third kappa shape index (κ3) is 3.00. The van der Waals surface area contributed by atoms with E-state index < -0.39 is 0 Å². The van der Waals surface area contributed by atoms with Gasteiger partial charge in [0.2, 0.25) is 4.77 Å². The average molecular weight is 388 g/mol. The third-order valence-electron chi connectivity index (χ3n) is 5.27. The molecule has 2 atom stereocenters. The van der Waals surface area contributed by atoms with E-state index in [1.54, 1.807) is 7.11 Å². The van der Waals surface area contributed by atoms with Crippen molar-refractivity contribution in [2.45, 2.75) is 26.1 Å². The van der Waals surface area contributed by atoms with Gasteiger partial charge in [0.1, 0.15) is 11.8 Å². The molecule has 0 aliphatic carbocycles. The molecule has 0 spiro atoms. The van der Waals surface area contributed by atoms with Crippen molar-refractivity contribution >= 4 is 23.6 Å². The smallest absolute Gasteiger partial charge is 0.202 e. The predicted octanol–water partition coefficient (Wildman–Crippen LogP) is 2.85. The molecule has 4 rings (SSSR count). The van der Waals surface area contributed by atoms with Crippen LogP contribution in [-0.4, -0.2) is 28.0 Å². The fourth-order valence-corrected chi connectivity index (χ4v) is 4.81. The monoisotopic (exact) mass is 387 g/mol. The highest BCUT2D eigenvalue weighted by Crippen LogP contribution is 2.25. The summed E-state index contributed by atoms with van der Waals surface area (Å²) >= 11 is 7.54. The topological polar surface area (TPSA) is 36.4 Å². The quantitative estimate of drug-likeness (QED) is 0.700. The molecular formula is C19H23N4OS2+. The number of nitrogens with zero attached hydrogens (tertiary/aromatic N) is 3. The number of quaternary nitrogens is 1. The molecule has 3 heterocycles. The van der Waals surface area contributed by atoms with E-state index >= 15 is 0 Å². The minimum Gasteiger partial charge on any atom is -0.497 e. The number of hydrogen-bond donors (Lipinski definition) is 1. The van der Waals surface area contributed by atoms with Crippen LogP contribution in [0.15, 0.2) is 35.7 Å². The van der Waals surface area contributed by atoms with Crippen molar-refractivity contribution in [3.63, 3.8) is 0 Å². The van der Waals surface area contributed by atoms with Crippen molar-refractivity contribution in [3.05, 3.63) is 50.9 Å². The maximum atomic E-state index is 5.66. The van der Waals surface area contributed by atoms with Crippen molar-refractivity contribution in [2.75, 3.05) is 13.7 Å². The van der Waals surface area contributed by atoms with Crippen LogP contribution in [0.3, 0.4) is 0 Å². The van der Waals surface area contributed by atoms with Gasteiger partial charge in [-0.25, -0.2) is 0 Å². The molecule has 0 radical (unpaired) electrons. The van der Waals surface area contributed by atoms with E-state index in [2.05, 4.69) is 18.4 Å². The van der Waals surface area contributed by atoms with Gasteiger partial charge in [0.25, 0.3) is 0 Å². The Morgan fingerprint density at radius 2 is 2.08 bits per heavy atom. The van der Waals surface area contributed by atoms with Crippen LogP contribution in [0.1, 0.15) is 23.4 Å². The number of aromatic nitrogens is 3. The first-order valence-electron chi connectivity index (χ1n) is 8.77. The Morgan fingerprint density at radius 1 is 1.31 bits per heavy atom. The Balaban J connectivity index is 1.61. The van der Waals surface area contributed by atoms with Gasteiger partial charge < -0.3 is 14.2 Å². The second kappa shape index (κ2) is 6.98. The van der Waals surface area contributed by atoms with Gasteiger partial charge in [-0.05, 0) is 54.9 Å². The number of thiophene rings is 1. The van der Waals surface area contributed by atoms with E-state index in [1.165, 1.54) is 15.3 Å². The highest BCUT2D eigenvalue weighted by Gasteiger charge is 2.29. The minimum absolute atomic E-state index is 0.471. The van der Waals surface area contributed by atoms with Crippen LogP contribution in [0.4, 0.5) is 0 Å². The first kappa shape index (κ1) is 17.5. The largest absolute Gasteiger partial charge is 0.497 e. The van der Waals surface area contributed by atoms with Crippen molar-refractivity contribution in [2.24, 2.45) is 7.05 Å². The molecule has 0 amide bonds. The van der Waals surface area contributed by atoms with E-state index in [9.17, 15) is 0 Å². The van der Waals surface area contributed by atoms with E-state index in [0.717, 1.165) is 41.5 Å². The summed E-state index contributed by atoms with van der Waals surface area (Å²) in [6, 6.07) is 10.7. The Labute approximate surface area is 162 Å². The zero-order valence-corrected chi connectivity index (χ0v) is 16.9. The summed E-state index contributed by atoms with van der Waals surface area (Å²) in [4.78, 5) is 3.04. The normalized spacial score (nSPS) is 19.3. The van der Waals surface area contributed by atoms with Gasteiger partial charge in [0.15, 0.2) is 12.5 Å². The van der Waals surface area contributed by atoms with Crippen LogP contribution in [0.2, 0.25) is 0 Å². The Bertz CT molecular complexity index is 970. The van der Waals surface area contributed by atoms with Crippen LogP contribution in [0, 0.1) is 4.77 Å². The molecule has 136 valence electrons. The molecule has 7 heteroatoms. The zero-order valence-electron chi connectivity index (χ0n) is 15.2. The van der Waals surface area contributed by atoms with Crippen LogP contribution < -0.4 is 9.64 Å². The third-order valence-corrected chi connectivity index (χ3v) is 6.76. The number of methoxy groups -OCH3 is 1. The summed E-state index contributed by atoms with van der Waals surface area (Å²) in [5, 5.41) is 7.03. The Morgan fingerprint density at radius 3 is 2.81 bits per heavy atom. The van der Waals surface area contributed by atoms with Crippen molar-refractivity contribution in [1.82, 2.24) is 14.3 Å². The van der Waals surface area contributed by atoms with E-state index in [0.29, 0.717) is 6.04 Å². The highest BCUT2D eigenvalue weighted by atomic mass is 32.1. The van der Waals surface area contributed by atoms with Crippen molar-refractivity contribution in [1.29, 1.82) is 0 Å². The fraction of sp³-hybridized carbons (Fsp3) is 0.368. The second-order valence-electron chi connectivity index (χ2n) is 6.73. The number of fused-ring (bicyclic) bond motifs is 1. The lowest BCUT2D eigenvalue weighted by atomic mass is 10.0. The van der Waals surface area contributed by atoms with E-state index in [-0.39, 0.29) is 0 Å². The molecule has 0 bridgehead atoms. The van der Waals surface area contributed by atoms with Crippen LogP contribution in [-0.2, 0) is 20.1 Å². The van der Waals surface area contributed by atoms with Gasteiger partial charge in [-0.1, -0.05) is 0 Å². The SMILES string of the molecule is COc1ccc(-c2nn(C[NH+]3CCc4sccc4[C@H]3C)c(=S)n2C)cc1. The minimum atomic E-state index is 0.471. The number of hydrogen-bond acceptors (Lipinski definition) is 4. The molecule has 0 saturated heterocycles. The average Bonchev–Trinajstić information content (AvgIpc) is 3.25. The van der Waals surface area contributed by atoms with Crippen LogP contribution in [0.5, 0.6) is 5.75 Å². The second-order valence-corrected chi connectivity index (χ2v) is 8.10. The number of benzene rings is 1. The molecule has 1 unspecified atom stereocenters. The zero-order chi connectivity index (χ0) is 18.3. The van der Waals surface area contributed by atoms with Gasteiger partial charge in [0, 0.05) is 29.5 Å². The molecule has 1 aliphatic heterocycles. The first-order chi connectivity index (χ1) is 12.6.